The van der Waals surface area contributed by atoms with Crippen LogP contribution in [-0.2, 0) is 26.2 Å². The molecule has 58 valence electrons. The molecule has 0 aromatic rings. The SMILES string of the molecule is CC1=CCC(C)=C1.Cl.Cl.[Zr]. The molecule has 0 saturated heterocycles. The topological polar surface area (TPSA) is 0 Å². The number of hydrogen-bond donors (Lipinski definition) is 0. The van der Waals surface area contributed by atoms with Crippen LogP contribution >= 0.6 is 24.8 Å². The number of halogens is 2. The summed E-state index contributed by atoms with van der Waals surface area (Å²) < 4.78 is 0. The molecule has 0 aliphatic heterocycles. The van der Waals surface area contributed by atoms with Gasteiger partial charge in [-0.2, -0.15) is 0 Å². The van der Waals surface area contributed by atoms with Gasteiger partial charge in [0.15, 0.2) is 0 Å². The summed E-state index contributed by atoms with van der Waals surface area (Å²) in [5.41, 5.74) is 2.90. The van der Waals surface area contributed by atoms with Crippen molar-refractivity contribution in [3.05, 3.63) is 23.3 Å². The molecule has 0 aromatic heterocycles. The standard InChI is InChI=1S/C7H10.2ClH.Zr/c1-6-3-4-7(2)5-6;;;/h3,5H,4H2,1-2H3;2*1H;. The van der Waals surface area contributed by atoms with Crippen LogP contribution in [0.5, 0.6) is 0 Å². The Hall–Kier alpha value is 0.943. The van der Waals surface area contributed by atoms with E-state index < -0.39 is 0 Å². The summed E-state index contributed by atoms with van der Waals surface area (Å²) >= 11 is 0. The Bertz CT molecular complexity index is 139. The molecule has 0 N–H and O–H groups in total. The first-order chi connectivity index (χ1) is 3.29. The fourth-order valence-corrected chi connectivity index (χ4v) is 0.828. The number of hydrogen-bond acceptors (Lipinski definition) is 0. The Morgan fingerprint density at radius 2 is 1.70 bits per heavy atom. The second kappa shape index (κ2) is 8.04. The van der Waals surface area contributed by atoms with Gasteiger partial charge in [0.05, 0.1) is 0 Å². The molecule has 0 bridgehead atoms. The third-order valence-electron chi connectivity index (χ3n) is 1.22. The smallest absolute Gasteiger partial charge is 0 e. The van der Waals surface area contributed by atoms with Gasteiger partial charge in [-0.15, -0.1) is 24.8 Å². The van der Waals surface area contributed by atoms with Gasteiger partial charge in [0.1, 0.15) is 0 Å². The van der Waals surface area contributed by atoms with Crippen molar-refractivity contribution in [1.29, 1.82) is 0 Å². The van der Waals surface area contributed by atoms with Crippen LogP contribution < -0.4 is 0 Å². The second-order valence-electron chi connectivity index (χ2n) is 2.14. The van der Waals surface area contributed by atoms with E-state index in [1.165, 1.54) is 17.6 Å². The Balaban J connectivity index is -0.000000163. The van der Waals surface area contributed by atoms with Crippen molar-refractivity contribution in [2.45, 2.75) is 20.3 Å². The summed E-state index contributed by atoms with van der Waals surface area (Å²) in [5.74, 6) is 0. The molecule has 1 rings (SSSR count). The van der Waals surface area contributed by atoms with Gasteiger partial charge < -0.3 is 0 Å². The van der Waals surface area contributed by atoms with E-state index in [-0.39, 0.29) is 51.0 Å². The molecule has 0 amide bonds. The zero-order valence-electron chi connectivity index (χ0n) is 6.18. The molecule has 1 aliphatic rings. The summed E-state index contributed by atoms with van der Waals surface area (Å²) in [6.45, 7) is 4.30. The summed E-state index contributed by atoms with van der Waals surface area (Å²) in [6, 6.07) is 0. The van der Waals surface area contributed by atoms with Gasteiger partial charge in [-0.3, -0.25) is 0 Å². The van der Waals surface area contributed by atoms with E-state index in [9.17, 15) is 0 Å². The van der Waals surface area contributed by atoms with Crippen LogP contribution in [0, 0.1) is 0 Å². The predicted molar refractivity (Wildman–Crippen MR) is 46.6 cm³/mol. The molecule has 3 heteroatoms. The summed E-state index contributed by atoms with van der Waals surface area (Å²) in [5, 5.41) is 0. The van der Waals surface area contributed by atoms with E-state index in [1.807, 2.05) is 0 Å². The monoisotopic (exact) mass is 256 g/mol. The Labute approximate surface area is 94.1 Å². The van der Waals surface area contributed by atoms with Crippen LogP contribution in [0.1, 0.15) is 20.3 Å². The molecule has 0 saturated carbocycles. The van der Waals surface area contributed by atoms with Gasteiger partial charge in [0.25, 0.3) is 0 Å². The fourth-order valence-electron chi connectivity index (χ4n) is 0.828. The predicted octanol–water partition coefficient (Wildman–Crippen LogP) is 3.12. The molecule has 0 atom stereocenters. The summed E-state index contributed by atoms with van der Waals surface area (Å²) in [7, 11) is 0. The minimum absolute atomic E-state index is 0. The molecule has 0 aromatic carbocycles. The van der Waals surface area contributed by atoms with Crippen LogP contribution in [0.4, 0.5) is 0 Å². The van der Waals surface area contributed by atoms with Crippen molar-refractivity contribution in [3.8, 4) is 0 Å². The van der Waals surface area contributed by atoms with Crippen molar-refractivity contribution in [1.82, 2.24) is 0 Å². The maximum atomic E-state index is 2.25. The molecule has 0 fully saturated rings. The van der Waals surface area contributed by atoms with Gasteiger partial charge in [0.2, 0.25) is 0 Å². The van der Waals surface area contributed by atoms with Crippen LogP contribution in [0.25, 0.3) is 0 Å². The first-order valence-electron chi connectivity index (χ1n) is 2.63. The number of rotatable bonds is 0. The maximum Gasteiger partial charge on any atom is 0 e. The summed E-state index contributed by atoms with van der Waals surface area (Å²) in [6.07, 6.45) is 5.64. The van der Waals surface area contributed by atoms with Gasteiger partial charge in [0, 0.05) is 26.2 Å². The normalized spacial score (nSPS) is 13.4. The minimum Gasteiger partial charge on any atom is -0.147 e. The quantitative estimate of drug-likeness (QED) is 0.626. The first kappa shape index (κ1) is 17.1. The van der Waals surface area contributed by atoms with Gasteiger partial charge in [-0.25, -0.2) is 0 Å². The Kier molecular flexibility index (Phi) is 13.8. The average molecular weight is 258 g/mol. The van der Waals surface area contributed by atoms with Crippen LogP contribution in [0.2, 0.25) is 0 Å². The molecule has 10 heavy (non-hydrogen) atoms. The molecule has 0 nitrogen and oxygen atoms in total. The fraction of sp³-hybridized carbons (Fsp3) is 0.429. The van der Waals surface area contributed by atoms with Crippen molar-refractivity contribution in [2.24, 2.45) is 0 Å². The largest absolute Gasteiger partial charge is 0.147 e. The van der Waals surface area contributed by atoms with E-state index in [0.717, 1.165) is 0 Å². The molecular formula is C7H12Cl2Zr. The van der Waals surface area contributed by atoms with Crippen LogP contribution in [-0.4, -0.2) is 0 Å². The third-order valence-corrected chi connectivity index (χ3v) is 1.22. The van der Waals surface area contributed by atoms with E-state index >= 15 is 0 Å². The van der Waals surface area contributed by atoms with Crippen LogP contribution in [0.3, 0.4) is 0 Å². The van der Waals surface area contributed by atoms with Crippen LogP contribution in [0.15, 0.2) is 23.3 Å². The maximum absolute atomic E-state index is 2.25. The van der Waals surface area contributed by atoms with Crippen molar-refractivity contribution in [2.75, 3.05) is 0 Å². The Morgan fingerprint density at radius 1 is 1.20 bits per heavy atom. The van der Waals surface area contributed by atoms with Crippen molar-refractivity contribution in [3.63, 3.8) is 0 Å². The van der Waals surface area contributed by atoms with E-state index in [1.54, 1.807) is 0 Å². The van der Waals surface area contributed by atoms with Gasteiger partial charge in [-0.1, -0.05) is 23.3 Å². The molecule has 0 spiro atoms. The molecule has 0 heterocycles. The van der Waals surface area contributed by atoms with Crippen molar-refractivity contribution >= 4 is 24.8 Å². The zero-order chi connectivity index (χ0) is 5.28. The van der Waals surface area contributed by atoms with Crippen molar-refractivity contribution < 1.29 is 26.2 Å². The minimum atomic E-state index is 0. The van der Waals surface area contributed by atoms with Gasteiger partial charge in [-0.05, 0) is 20.3 Å². The average Bonchev–Trinajstić information content (AvgIpc) is 1.87. The number of allylic oxidation sites excluding steroid dienone is 4. The second-order valence-corrected chi connectivity index (χ2v) is 2.14. The third kappa shape index (κ3) is 5.71. The molecular weight excluding hydrogens is 246 g/mol. The summed E-state index contributed by atoms with van der Waals surface area (Å²) in [4.78, 5) is 0. The Morgan fingerprint density at radius 3 is 1.80 bits per heavy atom. The van der Waals surface area contributed by atoms with E-state index in [0.29, 0.717) is 0 Å². The first-order valence-corrected chi connectivity index (χ1v) is 2.63. The van der Waals surface area contributed by atoms with E-state index in [4.69, 9.17) is 0 Å². The molecule has 0 unspecified atom stereocenters. The van der Waals surface area contributed by atoms with E-state index in [2.05, 4.69) is 26.0 Å². The zero-order valence-corrected chi connectivity index (χ0v) is 10.3. The molecule has 1 aliphatic carbocycles. The van der Waals surface area contributed by atoms with Gasteiger partial charge >= 0.3 is 0 Å². The molecule has 0 radical (unpaired) electrons.